The number of ether oxygens (including phenoxy) is 1. The number of aryl methyl sites for hydroxylation is 1. The number of carbonyl (C=O) groups is 1. The lowest BCUT2D eigenvalue weighted by molar-refractivity contribution is -0.145. The van der Waals surface area contributed by atoms with Gasteiger partial charge in [-0.1, -0.05) is 19.3 Å². The van der Waals surface area contributed by atoms with Crippen molar-refractivity contribution in [1.82, 2.24) is 4.98 Å². The van der Waals surface area contributed by atoms with Gasteiger partial charge in [0.05, 0.1) is 12.3 Å². The number of thiazole rings is 1. The lowest BCUT2D eigenvalue weighted by Gasteiger charge is -2.24. The van der Waals surface area contributed by atoms with Gasteiger partial charge in [0, 0.05) is 18.0 Å². The zero-order chi connectivity index (χ0) is 14.7. The van der Waals surface area contributed by atoms with Crippen molar-refractivity contribution in [2.45, 2.75) is 57.8 Å². The number of fused-ring (bicyclic) bond motifs is 1. The third kappa shape index (κ3) is 3.23. The molecule has 0 N–H and O–H groups in total. The van der Waals surface area contributed by atoms with Crippen molar-refractivity contribution >= 4 is 22.4 Å². The molecule has 1 saturated heterocycles. The molecule has 1 atom stereocenters. The van der Waals surface area contributed by atoms with Crippen LogP contribution in [-0.2, 0) is 16.0 Å². The zero-order valence-electron chi connectivity index (χ0n) is 12.8. The van der Waals surface area contributed by atoms with Crippen molar-refractivity contribution in [3.05, 3.63) is 10.6 Å². The molecule has 2 heterocycles. The standard InChI is InChI=1S/C16H24N2O2S/c1-2-20-15(19)12-8-9-13-14(12)17-16(21-13)18-10-6-4-3-5-7-11-18/h12H,2-11H2,1H3. The maximum absolute atomic E-state index is 12.0. The van der Waals surface area contributed by atoms with Gasteiger partial charge in [0.15, 0.2) is 5.13 Å². The second kappa shape index (κ2) is 6.77. The van der Waals surface area contributed by atoms with Crippen LogP contribution < -0.4 is 4.90 Å². The van der Waals surface area contributed by atoms with E-state index < -0.39 is 0 Å². The molecule has 0 radical (unpaired) electrons. The Kier molecular flexibility index (Phi) is 4.78. The highest BCUT2D eigenvalue weighted by atomic mass is 32.1. The van der Waals surface area contributed by atoms with E-state index in [9.17, 15) is 4.79 Å². The number of hydrogen-bond acceptors (Lipinski definition) is 5. The number of carbonyl (C=O) groups excluding carboxylic acids is 1. The summed E-state index contributed by atoms with van der Waals surface area (Å²) in [5, 5.41) is 1.12. The zero-order valence-corrected chi connectivity index (χ0v) is 13.6. The summed E-state index contributed by atoms with van der Waals surface area (Å²) in [6.45, 7) is 4.53. The maximum Gasteiger partial charge on any atom is 0.315 e. The lowest BCUT2D eigenvalue weighted by Crippen LogP contribution is -2.27. The molecule has 2 aliphatic rings. The molecule has 0 amide bonds. The van der Waals surface area contributed by atoms with Crippen LogP contribution in [0.5, 0.6) is 0 Å². The summed E-state index contributed by atoms with van der Waals surface area (Å²) in [4.78, 5) is 20.6. The van der Waals surface area contributed by atoms with Gasteiger partial charge in [0.2, 0.25) is 0 Å². The SMILES string of the molecule is CCOC(=O)C1CCc2sc(N3CCCCCCC3)nc21. The molecule has 1 unspecified atom stereocenters. The molecule has 116 valence electrons. The largest absolute Gasteiger partial charge is 0.465 e. The molecule has 1 aliphatic carbocycles. The number of rotatable bonds is 3. The average molecular weight is 308 g/mol. The number of nitrogens with zero attached hydrogens (tertiary/aromatic N) is 2. The van der Waals surface area contributed by atoms with Crippen LogP contribution >= 0.6 is 11.3 Å². The fourth-order valence-electron chi connectivity index (χ4n) is 3.26. The molecular formula is C16H24N2O2S. The smallest absolute Gasteiger partial charge is 0.315 e. The van der Waals surface area contributed by atoms with Crippen LogP contribution in [0, 0.1) is 0 Å². The number of esters is 1. The Morgan fingerprint density at radius 3 is 2.71 bits per heavy atom. The fourth-order valence-corrected chi connectivity index (χ4v) is 4.45. The van der Waals surface area contributed by atoms with E-state index >= 15 is 0 Å². The number of hydrogen-bond donors (Lipinski definition) is 0. The van der Waals surface area contributed by atoms with Crippen molar-refractivity contribution in [3.63, 3.8) is 0 Å². The Labute approximate surface area is 130 Å². The van der Waals surface area contributed by atoms with Gasteiger partial charge < -0.3 is 9.64 Å². The van der Waals surface area contributed by atoms with Gasteiger partial charge in [-0.05, 0) is 32.6 Å². The van der Waals surface area contributed by atoms with E-state index in [-0.39, 0.29) is 11.9 Å². The summed E-state index contributed by atoms with van der Waals surface area (Å²) in [6, 6.07) is 0. The summed E-state index contributed by atoms with van der Waals surface area (Å²) in [5.74, 6) is -0.222. The summed E-state index contributed by atoms with van der Waals surface area (Å²) < 4.78 is 5.19. The quantitative estimate of drug-likeness (QED) is 0.801. The Morgan fingerprint density at radius 2 is 2.00 bits per heavy atom. The fraction of sp³-hybridized carbons (Fsp3) is 0.750. The molecule has 0 saturated carbocycles. The molecule has 3 rings (SSSR count). The van der Waals surface area contributed by atoms with Gasteiger partial charge in [-0.2, -0.15) is 0 Å². The third-order valence-electron chi connectivity index (χ3n) is 4.40. The molecule has 4 nitrogen and oxygen atoms in total. The Balaban J connectivity index is 1.74. The Hall–Kier alpha value is -1.10. The van der Waals surface area contributed by atoms with Crippen LogP contribution in [0.4, 0.5) is 5.13 Å². The number of anilines is 1. The summed E-state index contributed by atoms with van der Waals surface area (Å²) >= 11 is 1.79. The summed E-state index contributed by atoms with van der Waals surface area (Å²) in [5.41, 5.74) is 0.996. The lowest BCUT2D eigenvalue weighted by atomic mass is 10.1. The molecular weight excluding hydrogens is 284 g/mol. The van der Waals surface area contributed by atoms with Crippen LogP contribution in [-0.4, -0.2) is 30.6 Å². The van der Waals surface area contributed by atoms with E-state index in [1.165, 1.54) is 37.0 Å². The topological polar surface area (TPSA) is 42.4 Å². The first kappa shape index (κ1) is 14.8. The van der Waals surface area contributed by atoms with E-state index in [1.807, 2.05) is 6.92 Å². The van der Waals surface area contributed by atoms with E-state index in [4.69, 9.17) is 9.72 Å². The molecule has 5 heteroatoms. The highest BCUT2D eigenvalue weighted by Crippen LogP contribution is 2.40. The molecule has 0 spiro atoms. The second-order valence-corrected chi connectivity index (χ2v) is 6.97. The minimum absolute atomic E-state index is 0.0965. The summed E-state index contributed by atoms with van der Waals surface area (Å²) in [7, 11) is 0. The third-order valence-corrected chi connectivity index (χ3v) is 5.60. The van der Waals surface area contributed by atoms with Gasteiger partial charge in [-0.3, -0.25) is 4.79 Å². The monoisotopic (exact) mass is 308 g/mol. The molecule has 1 aromatic heterocycles. The highest BCUT2D eigenvalue weighted by molar-refractivity contribution is 7.15. The van der Waals surface area contributed by atoms with E-state index in [0.29, 0.717) is 6.61 Å². The molecule has 1 fully saturated rings. The van der Waals surface area contributed by atoms with Crippen molar-refractivity contribution in [3.8, 4) is 0 Å². The minimum atomic E-state index is -0.125. The normalized spacial score (nSPS) is 22.5. The van der Waals surface area contributed by atoms with Crippen molar-refractivity contribution in [2.24, 2.45) is 0 Å². The van der Waals surface area contributed by atoms with Crippen LogP contribution in [0.25, 0.3) is 0 Å². The molecule has 0 bridgehead atoms. The first-order valence-corrected chi connectivity index (χ1v) is 9.02. The van der Waals surface area contributed by atoms with Gasteiger partial charge in [0.1, 0.15) is 5.92 Å². The van der Waals surface area contributed by atoms with E-state index in [0.717, 1.165) is 36.8 Å². The van der Waals surface area contributed by atoms with Crippen LogP contribution in [0.1, 0.15) is 61.9 Å². The predicted molar refractivity (Wildman–Crippen MR) is 85.1 cm³/mol. The van der Waals surface area contributed by atoms with Crippen LogP contribution in [0.15, 0.2) is 0 Å². The van der Waals surface area contributed by atoms with Crippen molar-refractivity contribution < 1.29 is 9.53 Å². The van der Waals surface area contributed by atoms with Crippen molar-refractivity contribution in [1.29, 1.82) is 0 Å². The number of aromatic nitrogens is 1. The Morgan fingerprint density at radius 1 is 1.29 bits per heavy atom. The van der Waals surface area contributed by atoms with E-state index in [2.05, 4.69) is 4.90 Å². The molecule has 1 aromatic rings. The van der Waals surface area contributed by atoms with Gasteiger partial charge >= 0.3 is 5.97 Å². The predicted octanol–water partition coefficient (Wildman–Crippen LogP) is 3.51. The van der Waals surface area contributed by atoms with Crippen molar-refractivity contribution in [2.75, 3.05) is 24.6 Å². The van der Waals surface area contributed by atoms with Crippen LogP contribution in [0.3, 0.4) is 0 Å². The first-order chi connectivity index (χ1) is 10.3. The minimum Gasteiger partial charge on any atom is -0.465 e. The maximum atomic E-state index is 12.0. The highest BCUT2D eigenvalue weighted by Gasteiger charge is 2.34. The van der Waals surface area contributed by atoms with Crippen LogP contribution in [0.2, 0.25) is 0 Å². The summed E-state index contributed by atoms with van der Waals surface area (Å²) in [6.07, 6.45) is 8.38. The molecule has 21 heavy (non-hydrogen) atoms. The van der Waals surface area contributed by atoms with Gasteiger partial charge in [-0.25, -0.2) is 4.98 Å². The molecule has 1 aliphatic heterocycles. The average Bonchev–Trinajstić information content (AvgIpc) is 2.98. The molecule has 0 aromatic carbocycles. The second-order valence-electron chi connectivity index (χ2n) is 5.90. The van der Waals surface area contributed by atoms with E-state index in [1.54, 1.807) is 11.3 Å². The Bertz CT molecular complexity index is 492. The first-order valence-electron chi connectivity index (χ1n) is 8.20. The van der Waals surface area contributed by atoms with Gasteiger partial charge in [-0.15, -0.1) is 11.3 Å². The van der Waals surface area contributed by atoms with Gasteiger partial charge in [0.25, 0.3) is 0 Å².